The van der Waals surface area contributed by atoms with Gasteiger partial charge in [-0.05, 0) is 44.4 Å². The molecule has 1 aromatic heterocycles. The van der Waals surface area contributed by atoms with Gasteiger partial charge < -0.3 is 15.5 Å². The molecule has 1 aliphatic rings. The summed E-state index contributed by atoms with van der Waals surface area (Å²) in [5.74, 6) is -0.0825. The van der Waals surface area contributed by atoms with Gasteiger partial charge in [0.25, 0.3) is 11.6 Å². The SMILES string of the molecule is CC(NC(=O)c1cccc([N+](=O)[O-])c1)C(=O)Nc1ccc(N2CCCCC2)nc1. The number of non-ortho nitro benzene ring substituents is 1. The molecular weight excluding hydrogens is 374 g/mol. The van der Waals surface area contributed by atoms with Gasteiger partial charge in [-0.1, -0.05) is 6.07 Å². The highest BCUT2D eigenvalue weighted by atomic mass is 16.6. The summed E-state index contributed by atoms with van der Waals surface area (Å²) in [5.41, 5.74) is 0.466. The first-order valence-electron chi connectivity index (χ1n) is 9.51. The number of carbonyl (C=O) groups is 2. The Labute approximate surface area is 168 Å². The van der Waals surface area contributed by atoms with Crippen LogP contribution in [0.15, 0.2) is 42.6 Å². The lowest BCUT2D eigenvalue weighted by atomic mass is 10.1. The number of nitro benzene ring substituents is 1. The second kappa shape index (κ2) is 9.13. The maximum Gasteiger partial charge on any atom is 0.270 e. The number of hydrogen-bond donors (Lipinski definition) is 2. The predicted molar refractivity (Wildman–Crippen MR) is 109 cm³/mol. The van der Waals surface area contributed by atoms with Crippen LogP contribution in [0.1, 0.15) is 36.5 Å². The van der Waals surface area contributed by atoms with Gasteiger partial charge in [0.1, 0.15) is 11.9 Å². The highest BCUT2D eigenvalue weighted by Crippen LogP contribution is 2.19. The van der Waals surface area contributed by atoms with Crippen molar-refractivity contribution < 1.29 is 14.5 Å². The molecule has 2 heterocycles. The van der Waals surface area contributed by atoms with Gasteiger partial charge in [-0.25, -0.2) is 4.98 Å². The molecule has 29 heavy (non-hydrogen) atoms. The molecule has 2 aromatic rings. The number of nitro groups is 1. The van der Waals surface area contributed by atoms with Gasteiger partial charge in [0.2, 0.25) is 5.91 Å². The van der Waals surface area contributed by atoms with Gasteiger partial charge in [0, 0.05) is 30.8 Å². The largest absolute Gasteiger partial charge is 0.357 e. The molecule has 152 valence electrons. The summed E-state index contributed by atoms with van der Waals surface area (Å²) >= 11 is 0. The van der Waals surface area contributed by atoms with E-state index in [1.54, 1.807) is 19.2 Å². The number of nitrogens with one attached hydrogen (secondary N) is 2. The summed E-state index contributed by atoms with van der Waals surface area (Å²) in [6.45, 7) is 3.51. The van der Waals surface area contributed by atoms with Crippen LogP contribution in [0.3, 0.4) is 0 Å². The second-order valence-electron chi connectivity index (χ2n) is 6.94. The van der Waals surface area contributed by atoms with E-state index in [2.05, 4.69) is 20.5 Å². The molecule has 2 amide bonds. The first-order chi connectivity index (χ1) is 13.9. The van der Waals surface area contributed by atoms with Crippen LogP contribution in [0.2, 0.25) is 0 Å². The highest BCUT2D eigenvalue weighted by molar-refractivity contribution is 6.01. The molecule has 3 rings (SSSR count). The molecular formula is C20H23N5O4. The molecule has 1 fully saturated rings. The third kappa shape index (κ3) is 5.28. The van der Waals surface area contributed by atoms with Gasteiger partial charge in [0.15, 0.2) is 0 Å². The number of amides is 2. The summed E-state index contributed by atoms with van der Waals surface area (Å²) in [7, 11) is 0. The van der Waals surface area contributed by atoms with Gasteiger partial charge >= 0.3 is 0 Å². The molecule has 0 saturated carbocycles. The minimum absolute atomic E-state index is 0.117. The Bertz CT molecular complexity index is 894. The number of carbonyl (C=O) groups excluding carboxylic acids is 2. The fourth-order valence-corrected chi connectivity index (χ4v) is 3.13. The molecule has 0 spiro atoms. The van der Waals surface area contributed by atoms with Gasteiger partial charge in [-0.3, -0.25) is 19.7 Å². The fourth-order valence-electron chi connectivity index (χ4n) is 3.13. The molecule has 1 atom stereocenters. The minimum atomic E-state index is -0.830. The summed E-state index contributed by atoms with van der Waals surface area (Å²) in [6.07, 6.45) is 5.14. The quantitative estimate of drug-likeness (QED) is 0.572. The Balaban J connectivity index is 1.56. The van der Waals surface area contributed by atoms with Crippen LogP contribution in [0, 0.1) is 10.1 Å². The van der Waals surface area contributed by atoms with E-state index in [0.29, 0.717) is 5.69 Å². The molecule has 0 aliphatic carbocycles. The summed E-state index contributed by atoms with van der Waals surface area (Å²) in [4.78, 5) is 41.5. The zero-order chi connectivity index (χ0) is 20.8. The van der Waals surface area contributed by atoms with E-state index >= 15 is 0 Å². The fraction of sp³-hybridized carbons (Fsp3) is 0.350. The van der Waals surface area contributed by atoms with Crippen molar-refractivity contribution in [3.8, 4) is 0 Å². The lowest BCUT2D eigenvalue weighted by Crippen LogP contribution is -2.41. The third-order valence-electron chi connectivity index (χ3n) is 4.76. The Hall–Kier alpha value is -3.49. The zero-order valence-electron chi connectivity index (χ0n) is 16.1. The van der Waals surface area contributed by atoms with Gasteiger partial charge in [0.05, 0.1) is 16.8 Å². The van der Waals surface area contributed by atoms with Crippen molar-refractivity contribution in [2.45, 2.75) is 32.2 Å². The summed E-state index contributed by atoms with van der Waals surface area (Å²) < 4.78 is 0. The second-order valence-corrected chi connectivity index (χ2v) is 6.94. The Morgan fingerprint density at radius 2 is 1.93 bits per heavy atom. The van der Waals surface area contributed by atoms with Crippen LogP contribution in [0.4, 0.5) is 17.2 Å². The molecule has 0 radical (unpaired) electrons. The first kappa shape index (κ1) is 20.2. The van der Waals surface area contributed by atoms with Crippen LogP contribution < -0.4 is 15.5 Å². The summed E-state index contributed by atoms with van der Waals surface area (Å²) in [5, 5.41) is 16.1. The van der Waals surface area contributed by atoms with E-state index in [9.17, 15) is 19.7 Å². The third-order valence-corrected chi connectivity index (χ3v) is 4.76. The molecule has 1 saturated heterocycles. The molecule has 9 nitrogen and oxygen atoms in total. The van der Waals surface area contributed by atoms with Crippen LogP contribution >= 0.6 is 0 Å². The summed E-state index contributed by atoms with van der Waals surface area (Å²) in [6, 6.07) is 8.17. The van der Waals surface area contributed by atoms with E-state index < -0.39 is 22.8 Å². The van der Waals surface area contributed by atoms with E-state index in [-0.39, 0.29) is 11.3 Å². The molecule has 1 aromatic carbocycles. The van der Waals surface area contributed by atoms with Crippen LogP contribution in [0.5, 0.6) is 0 Å². The smallest absolute Gasteiger partial charge is 0.270 e. The normalized spacial score (nSPS) is 14.7. The van der Waals surface area contributed by atoms with Crippen molar-refractivity contribution in [1.82, 2.24) is 10.3 Å². The van der Waals surface area contributed by atoms with Crippen molar-refractivity contribution in [1.29, 1.82) is 0 Å². The number of nitrogens with zero attached hydrogens (tertiary/aromatic N) is 3. The minimum Gasteiger partial charge on any atom is -0.357 e. The van der Waals surface area contributed by atoms with E-state index in [4.69, 9.17) is 0 Å². The van der Waals surface area contributed by atoms with E-state index in [1.165, 1.54) is 30.7 Å². The number of anilines is 2. The number of rotatable bonds is 6. The number of hydrogen-bond acceptors (Lipinski definition) is 6. The first-order valence-corrected chi connectivity index (χ1v) is 9.51. The number of aromatic nitrogens is 1. The van der Waals surface area contributed by atoms with Crippen LogP contribution in [-0.4, -0.2) is 40.9 Å². The molecule has 0 bridgehead atoms. The maximum absolute atomic E-state index is 12.4. The van der Waals surface area contributed by atoms with Crippen molar-refractivity contribution in [2.75, 3.05) is 23.3 Å². The standard InChI is InChI=1S/C20H23N5O4/c1-14(22-20(27)15-6-5-7-17(12-15)25(28)29)19(26)23-16-8-9-18(21-13-16)24-10-3-2-4-11-24/h5-9,12-14H,2-4,10-11H2,1H3,(H,22,27)(H,23,26). The zero-order valence-corrected chi connectivity index (χ0v) is 16.1. The van der Waals surface area contributed by atoms with Crippen LogP contribution in [0.25, 0.3) is 0 Å². The van der Waals surface area contributed by atoms with Crippen molar-refractivity contribution in [2.24, 2.45) is 0 Å². The Morgan fingerprint density at radius 3 is 2.59 bits per heavy atom. The average Bonchev–Trinajstić information content (AvgIpc) is 2.75. The van der Waals surface area contributed by atoms with Crippen molar-refractivity contribution >= 4 is 29.0 Å². The maximum atomic E-state index is 12.4. The number of benzene rings is 1. The van der Waals surface area contributed by atoms with Crippen molar-refractivity contribution in [3.63, 3.8) is 0 Å². The molecule has 9 heteroatoms. The van der Waals surface area contributed by atoms with Gasteiger partial charge in [-0.15, -0.1) is 0 Å². The number of piperidine rings is 1. The van der Waals surface area contributed by atoms with Crippen LogP contribution in [-0.2, 0) is 4.79 Å². The van der Waals surface area contributed by atoms with E-state index in [0.717, 1.165) is 31.7 Å². The lowest BCUT2D eigenvalue weighted by Gasteiger charge is -2.27. The predicted octanol–water partition coefficient (Wildman–Crippen LogP) is 2.74. The highest BCUT2D eigenvalue weighted by Gasteiger charge is 2.19. The average molecular weight is 397 g/mol. The van der Waals surface area contributed by atoms with Gasteiger partial charge in [-0.2, -0.15) is 0 Å². The lowest BCUT2D eigenvalue weighted by molar-refractivity contribution is -0.384. The van der Waals surface area contributed by atoms with E-state index in [1.807, 2.05) is 6.07 Å². The number of pyridine rings is 1. The monoisotopic (exact) mass is 397 g/mol. The molecule has 2 N–H and O–H groups in total. The van der Waals surface area contributed by atoms with Crippen molar-refractivity contribution in [3.05, 3.63) is 58.3 Å². The molecule has 1 unspecified atom stereocenters. The topological polar surface area (TPSA) is 117 Å². The Morgan fingerprint density at radius 1 is 1.17 bits per heavy atom. The molecule has 1 aliphatic heterocycles. The Kier molecular flexibility index (Phi) is 6.38.